The van der Waals surface area contributed by atoms with Gasteiger partial charge in [-0.25, -0.2) is 0 Å². The first-order chi connectivity index (χ1) is 6.96. The maximum absolute atomic E-state index is 5.72. The molecule has 0 aromatic carbocycles. The molecular weight excluding hydrogens is 216 g/mol. The predicted octanol–water partition coefficient (Wildman–Crippen LogP) is 2.13. The maximum atomic E-state index is 5.72. The highest BCUT2D eigenvalue weighted by molar-refractivity contribution is 6.28. The van der Waals surface area contributed by atoms with E-state index in [9.17, 15) is 0 Å². The molecule has 1 aromatic rings. The quantitative estimate of drug-likeness (QED) is 0.859. The molecule has 0 aliphatic carbocycles. The summed E-state index contributed by atoms with van der Waals surface area (Å²) in [7, 11) is 1.71. The van der Waals surface area contributed by atoms with Crippen LogP contribution in [-0.4, -0.2) is 27.6 Å². The van der Waals surface area contributed by atoms with Crippen LogP contribution in [0.25, 0.3) is 0 Å². The molecule has 0 atom stereocenters. The summed E-state index contributed by atoms with van der Waals surface area (Å²) in [5, 5.41) is 2.91. The van der Waals surface area contributed by atoms with Crippen molar-refractivity contribution in [3.63, 3.8) is 0 Å². The van der Waals surface area contributed by atoms with Gasteiger partial charge in [0.25, 0.3) is 0 Å². The first-order valence-electron chi connectivity index (χ1n) is 4.75. The zero-order valence-corrected chi connectivity index (χ0v) is 10.1. The molecule has 0 unspecified atom stereocenters. The van der Waals surface area contributed by atoms with E-state index < -0.39 is 0 Å². The van der Waals surface area contributed by atoms with Crippen LogP contribution < -0.4 is 10.1 Å². The first kappa shape index (κ1) is 12.0. The molecule has 0 saturated carbocycles. The number of hydrogen-bond donors (Lipinski definition) is 1. The summed E-state index contributed by atoms with van der Waals surface area (Å²) in [6.07, 6.45) is 0.852. The first-order valence-corrected chi connectivity index (χ1v) is 5.13. The summed E-state index contributed by atoms with van der Waals surface area (Å²) in [5.41, 5.74) is -0.310. The number of halogens is 1. The van der Waals surface area contributed by atoms with E-state index in [1.165, 1.54) is 0 Å². The van der Waals surface area contributed by atoms with E-state index in [4.69, 9.17) is 16.3 Å². The van der Waals surface area contributed by atoms with E-state index in [2.05, 4.69) is 20.3 Å². The number of aromatic nitrogens is 3. The monoisotopic (exact) mass is 230 g/mol. The third-order valence-corrected chi connectivity index (χ3v) is 2.20. The van der Waals surface area contributed by atoms with Gasteiger partial charge in [0.2, 0.25) is 11.2 Å². The number of anilines is 1. The zero-order chi connectivity index (χ0) is 11.5. The Labute approximate surface area is 94.2 Å². The van der Waals surface area contributed by atoms with Crippen molar-refractivity contribution in [3.05, 3.63) is 5.28 Å². The van der Waals surface area contributed by atoms with Gasteiger partial charge in [0.15, 0.2) is 0 Å². The summed E-state index contributed by atoms with van der Waals surface area (Å²) in [6, 6.07) is 0.242. The van der Waals surface area contributed by atoms with E-state index in [1.807, 2.05) is 20.8 Å². The van der Waals surface area contributed by atoms with Crippen LogP contribution in [0.15, 0.2) is 0 Å². The van der Waals surface area contributed by atoms with E-state index >= 15 is 0 Å². The molecule has 0 radical (unpaired) electrons. The van der Waals surface area contributed by atoms with Crippen LogP contribution in [-0.2, 0) is 0 Å². The minimum atomic E-state index is -0.310. The van der Waals surface area contributed by atoms with E-state index in [0.717, 1.165) is 6.42 Å². The third-order valence-electron chi connectivity index (χ3n) is 2.03. The van der Waals surface area contributed by atoms with Crippen molar-refractivity contribution in [2.45, 2.75) is 32.8 Å². The average molecular weight is 231 g/mol. The lowest BCUT2D eigenvalue weighted by molar-refractivity contribution is 0.0924. The molecular formula is C9H15ClN4O. The summed E-state index contributed by atoms with van der Waals surface area (Å²) < 4.78 is 5.59. The van der Waals surface area contributed by atoms with Crippen molar-refractivity contribution in [1.29, 1.82) is 0 Å². The molecule has 84 valence electrons. The third kappa shape index (κ3) is 3.51. The Kier molecular flexibility index (Phi) is 3.68. The lowest BCUT2D eigenvalue weighted by atomic mass is 10.1. The highest BCUT2D eigenvalue weighted by Gasteiger charge is 2.19. The molecule has 0 bridgehead atoms. The van der Waals surface area contributed by atoms with Crippen LogP contribution in [0, 0.1) is 0 Å². The van der Waals surface area contributed by atoms with Crippen molar-refractivity contribution in [3.8, 4) is 6.01 Å². The van der Waals surface area contributed by atoms with Gasteiger partial charge in [0, 0.05) is 7.05 Å². The molecule has 1 N–H and O–H groups in total. The Balaban J connectivity index is 2.90. The second-order valence-corrected chi connectivity index (χ2v) is 4.01. The summed E-state index contributed by atoms with van der Waals surface area (Å²) in [6.45, 7) is 5.95. The van der Waals surface area contributed by atoms with Crippen molar-refractivity contribution >= 4 is 17.5 Å². The topological polar surface area (TPSA) is 59.9 Å². The molecule has 0 saturated heterocycles. The highest BCUT2D eigenvalue weighted by Crippen LogP contribution is 2.19. The standard InChI is InChI=1S/C9H15ClN4O/c1-5-9(2,3)15-8-13-6(10)12-7(11-4)14-8/h5H2,1-4H3,(H,11,12,13,14). The van der Waals surface area contributed by atoms with Gasteiger partial charge < -0.3 is 10.1 Å². The van der Waals surface area contributed by atoms with Gasteiger partial charge in [0.1, 0.15) is 5.60 Å². The Morgan fingerprint density at radius 2 is 2.00 bits per heavy atom. The predicted molar refractivity (Wildman–Crippen MR) is 59.4 cm³/mol. The molecule has 1 heterocycles. The largest absolute Gasteiger partial charge is 0.457 e. The molecule has 1 rings (SSSR count). The summed E-state index contributed by atoms with van der Waals surface area (Å²) >= 11 is 5.72. The van der Waals surface area contributed by atoms with E-state index in [-0.39, 0.29) is 16.9 Å². The molecule has 0 spiro atoms. The van der Waals surface area contributed by atoms with Crippen LogP contribution in [0.5, 0.6) is 6.01 Å². The van der Waals surface area contributed by atoms with Gasteiger partial charge in [-0.3, -0.25) is 0 Å². The summed E-state index contributed by atoms with van der Waals surface area (Å²) in [5.74, 6) is 0.400. The molecule has 0 aliphatic rings. The van der Waals surface area contributed by atoms with Crippen LogP contribution in [0.2, 0.25) is 5.28 Å². The van der Waals surface area contributed by atoms with Gasteiger partial charge >= 0.3 is 6.01 Å². The fraction of sp³-hybridized carbons (Fsp3) is 0.667. The van der Waals surface area contributed by atoms with Gasteiger partial charge in [-0.05, 0) is 31.9 Å². The van der Waals surface area contributed by atoms with Crippen LogP contribution in [0.1, 0.15) is 27.2 Å². The minimum absolute atomic E-state index is 0.122. The van der Waals surface area contributed by atoms with Crippen LogP contribution in [0.4, 0.5) is 5.95 Å². The molecule has 0 aliphatic heterocycles. The molecule has 5 nitrogen and oxygen atoms in total. The average Bonchev–Trinajstić information content (AvgIpc) is 2.16. The fourth-order valence-corrected chi connectivity index (χ4v) is 0.961. The number of rotatable bonds is 4. The van der Waals surface area contributed by atoms with Crippen molar-refractivity contribution in [2.24, 2.45) is 0 Å². The molecule has 0 amide bonds. The van der Waals surface area contributed by atoms with Crippen molar-refractivity contribution in [2.75, 3.05) is 12.4 Å². The van der Waals surface area contributed by atoms with Crippen LogP contribution >= 0.6 is 11.6 Å². The Morgan fingerprint density at radius 3 is 2.53 bits per heavy atom. The van der Waals surface area contributed by atoms with E-state index in [1.54, 1.807) is 7.05 Å². The van der Waals surface area contributed by atoms with Gasteiger partial charge in [-0.1, -0.05) is 6.92 Å². The van der Waals surface area contributed by atoms with Gasteiger partial charge in [-0.2, -0.15) is 15.0 Å². The fourth-order valence-electron chi connectivity index (χ4n) is 0.809. The lowest BCUT2D eigenvalue weighted by Crippen LogP contribution is -2.28. The van der Waals surface area contributed by atoms with Crippen molar-refractivity contribution in [1.82, 2.24) is 15.0 Å². The second kappa shape index (κ2) is 4.61. The second-order valence-electron chi connectivity index (χ2n) is 3.68. The Bertz CT molecular complexity index is 343. The smallest absolute Gasteiger partial charge is 0.323 e. The molecule has 1 aromatic heterocycles. The summed E-state index contributed by atoms with van der Waals surface area (Å²) in [4.78, 5) is 11.8. The Morgan fingerprint density at radius 1 is 1.33 bits per heavy atom. The number of nitrogens with one attached hydrogen (secondary N) is 1. The maximum Gasteiger partial charge on any atom is 0.323 e. The molecule has 6 heteroatoms. The number of ether oxygens (including phenoxy) is 1. The number of hydrogen-bond acceptors (Lipinski definition) is 5. The Hall–Kier alpha value is -1.10. The zero-order valence-electron chi connectivity index (χ0n) is 9.33. The molecule has 0 fully saturated rings. The lowest BCUT2D eigenvalue weighted by Gasteiger charge is -2.23. The minimum Gasteiger partial charge on any atom is -0.457 e. The molecule has 15 heavy (non-hydrogen) atoms. The van der Waals surface area contributed by atoms with Gasteiger partial charge in [-0.15, -0.1) is 0 Å². The normalized spacial score (nSPS) is 11.3. The van der Waals surface area contributed by atoms with Gasteiger partial charge in [0.05, 0.1) is 0 Å². The van der Waals surface area contributed by atoms with Crippen LogP contribution in [0.3, 0.4) is 0 Å². The van der Waals surface area contributed by atoms with Crippen molar-refractivity contribution < 1.29 is 4.74 Å². The number of nitrogens with zero attached hydrogens (tertiary/aromatic N) is 3. The highest BCUT2D eigenvalue weighted by atomic mass is 35.5. The van der Waals surface area contributed by atoms with E-state index in [0.29, 0.717) is 5.95 Å². The SMILES string of the molecule is CCC(C)(C)Oc1nc(Cl)nc(NC)n1.